The minimum atomic E-state index is -0.429. The van der Waals surface area contributed by atoms with E-state index in [1.807, 2.05) is 65.0 Å². The highest BCUT2D eigenvalue weighted by molar-refractivity contribution is 6.30. The first-order valence-corrected chi connectivity index (χ1v) is 9.53. The number of pyridine rings is 1. The molecule has 3 rings (SSSR count). The van der Waals surface area contributed by atoms with Crippen LogP contribution in [0.25, 0.3) is 22.0 Å². The number of hydrogen-bond donors (Lipinski definition) is 1. The Morgan fingerprint density at radius 2 is 1.74 bits per heavy atom. The van der Waals surface area contributed by atoms with E-state index >= 15 is 0 Å². The normalized spacial score (nSPS) is 13.1. The lowest BCUT2D eigenvalue weighted by Crippen LogP contribution is -2.25. The average Bonchev–Trinajstić information content (AvgIpc) is 2.58. The lowest BCUT2D eigenvalue weighted by atomic mass is 9.88. The van der Waals surface area contributed by atoms with Crippen LogP contribution in [-0.4, -0.2) is 22.3 Å². The molecule has 3 nitrogen and oxygen atoms in total. The average molecular weight is 384 g/mol. The van der Waals surface area contributed by atoms with Crippen LogP contribution >= 0.6 is 11.6 Å². The molecule has 1 aromatic heterocycles. The number of aromatic nitrogens is 1. The van der Waals surface area contributed by atoms with Crippen molar-refractivity contribution in [3.8, 4) is 11.1 Å². The maximum Gasteiger partial charge on any atom is 0.107 e. The topological polar surface area (TPSA) is 42.4 Å². The smallest absolute Gasteiger partial charge is 0.107 e. The summed E-state index contributed by atoms with van der Waals surface area (Å²) in [5.74, 6) is 0. The number of halogens is 1. The van der Waals surface area contributed by atoms with E-state index in [2.05, 4.69) is 12.1 Å². The summed E-state index contributed by atoms with van der Waals surface area (Å²) in [5.41, 5.74) is 5.65. The highest BCUT2D eigenvalue weighted by Crippen LogP contribution is 2.40. The highest BCUT2D eigenvalue weighted by atomic mass is 35.5. The molecule has 0 fully saturated rings. The van der Waals surface area contributed by atoms with E-state index in [0.717, 1.165) is 38.9 Å². The van der Waals surface area contributed by atoms with E-state index in [0.29, 0.717) is 5.02 Å². The SMILES string of the molecule is Cc1ccc2c(-c3ccc(Cl)cc3)c([C@@H](CO)OC(C)(C)C)c(C)cc2n1. The fourth-order valence-electron chi connectivity index (χ4n) is 3.48. The summed E-state index contributed by atoms with van der Waals surface area (Å²) >= 11 is 6.11. The van der Waals surface area contributed by atoms with Crippen LogP contribution in [0, 0.1) is 13.8 Å². The first kappa shape index (κ1) is 19.8. The molecule has 1 atom stereocenters. The minimum absolute atomic E-state index is 0.0938. The summed E-state index contributed by atoms with van der Waals surface area (Å²) in [5, 5.41) is 11.9. The second-order valence-corrected chi connectivity index (χ2v) is 8.35. The molecule has 27 heavy (non-hydrogen) atoms. The molecule has 0 saturated carbocycles. The Bertz CT molecular complexity index is 959. The molecule has 142 valence electrons. The molecule has 1 heterocycles. The van der Waals surface area contributed by atoms with Crippen molar-refractivity contribution in [1.29, 1.82) is 0 Å². The Hall–Kier alpha value is -1.94. The number of nitrogens with zero attached hydrogens (tertiary/aromatic N) is 1. The van der Waals surface area contributed by atoms with E-state index in [9.17, 15) is 5.11 Å². The molecule has 0 unspecified atom stereocenters. The van der Waals surface area contributed by atoms with Gasteiger partial charge in [0, 0.05) is 16.1 Å². The van der Waals surface area contributed by atoms with Crippen LogP contribution in [0.2, 0.25) is 5.02 Å². The van der Waals surface area contributed by atoms with Crippen LogP contribution in [0.4, 0.5) is 0 Å². The summed E-state index contributed by atoms with van der Waals surface area (Å²) in [6, 6.07) is 14.0. The second-order valence-electron chi connectivity index (χ2n) is 7.91. The number of hydrogen-bond acceptors (Lipinski definition) is 3. The van der Waals surface area contributed by atoms with Gasteiger partial charge in [0.1, 0.15) is 6.10 Å². The Balaban J connectivity index is 2.34. The maximum atomic E-state index is 10.1. The number of benzene rings is 2. The van der Waals surface area contributed by atoms with Crippen LogP contribution in [0.1, 0.15) is 43.7 Å². The van der Waals surface area contributed by atoms with Crippen LogP contribution in [0.15, 0.2) is 42.5 Å². The summed E-state index contributed by atoms with van der Waals surface area (Å²) in [6.07, 6.45) is -0.429. The Morgan fingerprint density at radius 3 is 2.33 bits per heavy atom. The molecule has 0 aliphatic carbocycles. The molecule has 4 heteroatoms. The molecule has 0 spiro atoms. The first-order valence-electron chi connectivity index (χ1n) is 9.15. The van der Waals surface area contributed by atoms with E-state index in [1.165, 1.54) is 0 Å². The fraction of sp³-hybridized carbons (Fsp3) is 0.348. The van der Waals surface area contributed by atoms with Crippen molar-refractivity contribution >= 4 is 22.5 Å². The summed E-state index contributed by atoms with van der Waals surface area (Å²) in [7, 11) is 0. The second kappa shape index (κ2) is 7.59. The quantitative estimate of drug-likeness (QED) is 0.598. The highest BCUT2D eigenvalue weighted by Gasteiger charge is 2.26. The third-order valence-corrected chi connectivity index (χ3v) is 4.75. The fourth-order valence-corrected chi connectivity index (χ4v) is 3.61. The van der Waals surface area contributed by atoms with Gasteiger partial charge < -0.3 is 9.84 Å². The van der Waals surface area contributed by atoms with Gasteiger partial charge in [-0.2, -0.15) is 0 Å². The Morgan fingerprint density at radius 1 is 1.07 bits per heavy atom. The zero-order valence-corrected chi connectivity index (χ0v) is 17.3. The molecular weight excluding hydrogens is 358 g/mol. The Labute approximate surface area is 166 Å². The van der Waals surface area contributed by atoms with E-state index < -0.39 is 6.10 Å². The van der Waals surface area contributed by atoms with Gasteiger partial charge in [0.05, 0.1) is 17.7 Å². The number of aliphatic hydroxyl groups is 1. The number of aliphatic hydroxyl groups excluding tert-OH is 1. The van der Waals surface area contributed by atoms with Crippen molar-refractivity contribution in [3.63, 3.8) is 0 Å². The zero-order chi connectivity index (χ0) is 19.8. The number of fused-ring (bicyclic) bond motifs is 1. The van der Waals surface area contributed by atoms with E-state index in [4.69, 9.17) is 21.3 Å². The van der Waals surface area contributed by atoms with Gasteiger partial charge in [-0.1, -0.05) is 29.8 Å². The molecule has 0 aliphatic heterocycles. The van der Waals surface area contributed by atoms with Crippen molar-refractivity contribution in [2.24, 2.45) is 0 Å². The third-order valence-electron chi connectivity index (χ3n) is 4.50. The molecular formula is C23H26ClNO2. The van der Waals surface area contributed by atoms with Gasteiger partial charge in [0.25, 0.3) is 0 Å². The first-order chi connectivity index (χ1) is 12.7. The Kier molecular flexibility index (Phi) is 5.57. The van der Waals surface area contributed by atoms with Crippen LogP contribution in [0.5, 0.6) is 0 Å². The van der Waals surface area contributed by atoms with Crippen molar-refractivity contribution in [3.05, 3.63) is 64.3 Å². The number of aryl methyl sites for hydroxylation is 2. The summed E-state index contributed by atoms with van der Waals surface area (Å²) in [4.78, 5) is 4.71. The molecule has 0 saturated heterocycles. The van der Waals surface area contributed by atoms with Crippen molar-refractivity contribution in [1.82, 2.24) is 4.98 Å². The number of ether oxygens (including phenoxy) is 1. The molecule has 1 N–H and O–H groups in total. The predicted molar refractivity (Wildman–Crippen MR) is 112 cm³/mol. The predicted octanol–water partition coefficient (Wildman–Crippen LogP) is 6.02. The lowest BCUT2D eigenvalue weighted by Gasteiger charge is -2.30. The van der Waals surface area contributed by atoms with Gasteiger partial charge >= 0.3 is 0 Å². The molecule has 0 aliphatic rings. The van der Waals surface area contributed by atoms with Gasteiger partial charge in [-0.05, 0) is 81.1 Å². The van der Waals surface area contributed by atoms with Gasteiger partial charge in [-0.15, -0.1) is 0 Å². The standard InChI is InChI=1S/C23H26ClNO2/c1-14-12-19-18(11-6-15(2)25-19)22(16-7-9-17(24)10-8-16)21(14)20(13-26)27-23(3,4)5/h6-12,20,26H,13H2,1-5H3/t20-/m1/s1. The lowest BCUT2D eigenvalue weighted by molar-refractivity contribution is -0.0821. The molecule has 0 bridgehead atoms. The van der Waals surface area contributed by atoms with Gasteiger partial charge in [0.15, 0.2) is 0 Å². The van der Waals surface area contributed by atoms with Crippen molar-refractivity contribution in [2.45, 2.75) is 46.3 Å². The molecule has 0 radical (unpaired) electrons. The third kappa shape index (κ3) is 4.32. The summed E-state index contributed by atoms with van der Waals surface area (Å²) in [6.45, 7) is 9.94. The van der Waals surface area contributed by atoms with Crippen LogP contribution < -0.4 is 0 Å². The van der Waals surface area contributed by atoms with E-state index in [-0.39, 0.29) is 12.2 Å². The van der Waals surface area contributed by atoms with Gasteiger partial charge in [-0.3, -0.25) is 4.98 Å². The van der Waals surface area contributed by atoms with Gasteiger partial charge in [0.2, 0.25) is 0 Å². The number of rotatable bonds is 4. The molecule has 3 aromatic rings. The molecule has 2 aromatic carbocycles. The largest absolute Gasteiger partial charge is 0.393 e. The van der Waals surface area contributed by atoms with Gasteiger partial charge in [-0.25, -0.2) is 0 Å². The minimum Gasteiger partial charge on any atom is -0.393 e. The van der Waals surface area contributed by atoms with Crippen LogP contribution in [-0.2, 0) is 4.74 Å². The van der Waals surface area contributed by atoms with E-state index in [1.54, 1.807) is 0 Å². The monoisotopic (exact) mass is 383 g/mol. The molecule has 0 amide bonds. The zero-order valence-electron chi connectivity index (χ0n) is 16.5. The van der Waals surface area contributed by atoms with Crippen molar-refractivity contribution < 1.29 is 9.84 Å². The summed E-state index contributed by atoms with van der Waals surface area (Å²) < 4.78 is 6.22. The van der Waals surface area contributed by atoms with Crippen LogP contribution in [0.3, 0.4) is 0 Å². The van der Waals surface area contributed by atoms with Crippen molar-refractivity contribution in [2.75, 3.05) is 6.61 Å². The maximum absolute atomic E-state index is 10.1.